The number of aromatic hydroxyl groups is 1. The number of allylic oxidation sites excluding steroid dienone is 3. The Bertz CT molecular complexity index is 1160. The summed E-state index contributed by atoms with van der Waals surface area (Å²) in [6, 6.07) is 14.4. The van der Waals surface area contributed by atoms with E-state index in [9.17, 15) is 14.7 Å². The largest absolute Gasteiger partial charge is 0.504 e. The van der Waals surface area contributed by atoms with E-state index in [0.29, 0.717) is 41.0 Å². The molecule has 0 radical (unpaired) electrons. The number of rotatable bonds is 5. The molecule has 2 N–H and O–H groups in total. The van der Waals surface area contributed by atoms with Crippen LogP contribution in [0.5, 0.6) is 11.5 Å². The predicted octanol–water partition coefficient (Wildman–Crippen LogP) is 4.75. The lowest BCUT2D eigenvalue weighted by molar-refractivity contribution is -0.140. The molecular weight excluding hydrogens is 418 g/mol. The van der Waals surface area contributed by atoms with Crippen LogP contribution in [0.15, 0.2) is 71.1 Å². The van der Waals surface area contributed by atoms with Gasteiger partial charge in [0.2, 0.25) is 0 Å². The van der Waals surface area contributed by atoms with Gasteiger partial charge in [-0.2, -0.15) is 0 Å². The van der Waals surface area contributed by atoms with E-state index in [1.807, 2.05) is 37.3 Å². The molecule has 172 valence electrons. The fraction of sp³-hybridized carbons (Fsp3) is 0.333. The molecule has 0 saturated carbocycles. The molecule has 0 aromatic heterocycles. The van der Waals surface area contributed by atoms with Crippen LogP contribution in [0.1, 0.15) is 50.7 Å². The van der Waals surface area contributed by atoms with E-state index in [1.165, 1.54) is 7.11 Å². The Hall–Kier alpha value is -3.54. The zero-order valence-corrected chi connectivity index (χ0v) is 19.4. The van der Waals surface area contributed by atoms with Gasteiger partial charge in [0.15, 0.2) is 17.3 Å². The van der Waals surface area contributed by atoms with Crippen molar-refractivity contribution in [2.24, 2.45) is 5.41 Å². The van der Waals surface area contributed by atoms with Gasteiger partial charge in [-0.15, -0.1) is 0 Å². The van der Waals surface area contributed by atoms with E-state index in [-0.39, 0.29) is 23.6 Å². The maximum Gasteiger partial charge on any atom is 0.337 e. The van der Waals surface area contributed by atoms with E-state index < -0.39 is 11.9 Å². The van der Waals surface area contributed by atoms with Crippen molar-refractivity contribution in [2.75, 3.05) is 7.11 Å². The third-order valence-corrected chi connectivity index (χ3v) is 6.21. The quantitative estimate of drug-likeness (QED) is 0.644. The highest BCUT2D eigenvalue weighted by molar-refractivity contribution is 6.04. The molecule has 0 spiro atoms. The van der Waals surface area contributed by atoms with E-state index in [2.05, 4.69) is 19.2 Å². The number of phenols is 1. The van der Waals surface area contributed by atoms with Gasteiger partial charge in [-0.1, -0.05) is 50.2 Å². The molecule has 1 aliphatic heterocycles. The molecule has 4 rings (SSSR count). The van der Waals surface area contributed by atoms with E-state index in [4.69, 9.17) is 9.47 Å². The average molecular weight is 448 g/mol. The third kappa shape index (κ3) is 4.51. The minimum atomic E-state index is -0.634. The first-order valence-corrected chi connectivity index (χ1v) is 11.0. The van der Waals surface area contributed by atoms with Crippen LogP contribution in [0.2, 0.25) is 0 Å². The number of methoxy groups -OCH3 is 1. The molecule has 0 bridgehead atoms. The number of benzene rings is 2. The maximum absolute atomic E-state index is 13.3. The number of Topliss-reactive ketones (excluding diaryl/α,β-unsaturated/α-hetero) is 1. The van der Waals surface area contributed by atoms with Crippen molar-refractivity contribution < 1.29 is 24.2 Å². The minimum absolute atomic E-state index is 0.00471. The summed E-state index contributed by atoms with van der Waals surface area (Å²) >= 11 is 0. The lowest BCUT2D eigenvalue weighted by Gasteiger charge is -2.39. The summed E-state index contributed by atoms with van der Waals surface area (Å²) in [5.41, 5.74) is 3.76. The van der Waals surface area contributed by atoms with Crippen LogP contribution in [-0.2, 0) is 20.9 Å². The molecule has 6 nitrogen and oxygen atoms in total. The zero-order valence-electron chi connectivity index (χ0n) is 19.4. The number of nitrogens with one attached hydrogen (secondary N) is 1. The molecule has 0 saturated heterocycles. The van der Waals surface area contributed by atoms with Crippen LogP contribution in [0.3, 0.4) is 0 Å². The van der Waals surface area contributed by atoms with Crippen LogP contribution >= 0.6 is 0 Å². The SMILES string of the molecule is COc1ccc(C2C(C(=O)OCc3ccccc3)=C(C)NC3=C2C(=O)CC(C)(C)C3)cc1O. The summed E-state index contributed by atoms with van der Waals surface area (Å²) in [5, 5.41) is 13.8. The lowest BCUT2D eigenvalue weighted by atomic mass is 9.68. The van der Waals surface area contributed by atoms with E-state index in [0.717, 1.165) is 11.3 Å². The number of dihydropyridines is 1. The number of hydrogen-bond acceptors (Lipinski definition) is 6. The highest BCUT2D eigenvalue weighted by Crippen LogP contribution is 2.47. The van der Waals surface area contributed by atoms with Crippen LogP contribution in [0, 0.1) is 5.41 Å². The third-order valence-electron chi connectivity index (χ3n) is 6.21. The standard InChI is InChI=1S/C27H29NO5/c1-16-23(26(31)33-15-17-8-6-5-7-9-17)24(18-10-11-22(32-4)20(29)12-18)25-19(28-16)13-27(2,3)14-21(25)30/h5-12,24,28-29H,13-15H2,1-4H3. The monoisotopic (exact) mass is 447 g/mol. The van der Waals surface area contributed by atoms with Gasteiger partial charge in [-0.05, 0) is 42.0 Å². The van der Waals surface area contributed by atoms with Crippen LogP contribution in [-0.4, -0.2) is 24.0 Å². The van der Waals surface area contributed by atoms with E-state index >= 15 is 0 Å². The van der Waals surface area contributed by atoms with Crippen LogP contribution in [0.4, 0.5) is 0 Å². The number of esters is 1. The zero-order chi connectivity index (χ0) is 23.8. The first-order chi connectivity index (χ1) is 15.7. The average Bonchev–Trinajstić information content (AvgIpc) is 2.76. The number of hydrogen-bond donors (Lipinski definition) is 2. The number of ketones is 1. The summed E-state index contributed by atoms with van der Waals surface area (Å²) in [4.78, 5) is 26.7. The maximum atomic E-state index is 13.3. The second kappa shape index (κ2) is 8.77. The molecule has 1 heterocycles. The summed E-state index contributed by atoms with van der Waals surface area (Å²) in [6.45, 7) is 6.08. The molecular formula is C27H29NO5. The fourth-order valence-corrected chi connectivity index (χ4v) is 4.73. The Morgan fingerprint density at radius 1 is 1.15 bits per heavy atom. The second-order valence-electron chi connectivity index (χ2n) is 9.42. The second-order valence-corrected chi connectivity index (χ2v) is 9.42. The molecule has 33 heavy (non-hydrogen) atoms. The van der Waals surface area contributed by atoms with Gasteiger partial charge >= 0.3 is 5.97 Å². The lowest BCUT2D eigenvalue weighted by Crippen LogP contribution is -2.38. The highest BCUT2D eigenvalue weighted by atomic mass is 16.5. The van der Waals surface area contributed by atoms with Crippen molar-refractivity contribution in [3.8, 4) is 11.5 Å². The van der Waals surface area contributed by atoms with Gasteiger partial charge in [-0.25, -0.2) is 4.79 Å². The van der Waals surface area contributed by atoms with Crippen molar-refractivity contribution in [3.63, 3.8) is 0 Å². The number of phenolic OH excluding ortho intramolecular Hbond substituents is 1. The Balaban J connectivity index is 1.76. The van der Waals surface area contributed by atoms with Gasteiger partial charge in [0, 0.05) is 29.3 Å². The normalized spacial score (nSPS) is 19.6. The molecule has 2 aromatic carbocycles. The van der Waals surface area contributed by atoms with Crippen LogP contribution in [0.25, 0.3) is 0 Å². The van der Waals surface area contributed by atoms with Crippen LogP contribution < -0.4 is 10.1 Å². The van der Waals surface area contributed by atoms with Crippen molar-refractivity contribution in [1.29, 1.82) is 0 Å². The molecule has 2 aromatic rings. The molecule has 0 fully saturated rings. The molecule has 2 aliphatic rings. The molecule has 0 amide bonds. The van der Waals surface area contributed by atoms with Gasteiger partial charge in [0.05, 0.1) is 12.7 Å². The molecule has 1 atom stereocenters. The van der Waals surface area contributed by atoms with Crippen molar-refractivity contribution in [2.45, 2.75) is 46.1 Å². The molecule has 6 heteroatoms. The Morgan fingerprint density at radius 2 is 1.88 bits per heavy atom. The summed E-state index contributed by atoms with van der Waals surface area (Å²) < 4.78 is 10.8. The van der Waals surface area contributed by atoms with Crippen molar-refractivity contribution >= 4 is 11.8 Å². The smallest absolute Gasteiger partial charge is 0.337 e. The molecule has 1 unspecified atom stereocenters. The van der Waals surface area contributed by atoms with Gasteiger partial charge in [0.1, 0.15) is 6.61 Å². The predicted molar refractivity (Wildman–Crippen MR) is 125 cm³/mol. The van der Waals surface area contributed by atoms with E-state index in [1.54, 1.807) is 18.2 Å². The van der Waals surface area contributed by atoms with Gasteiger partial charge < -0.3 is 19.9 Å². The number of carbonyl (C=O) groups is 2. The summed E-state index contributed by atoms with van der Waals surface area (Å²) in [6.07, 6.45) is 1.08. The molecule has 1 aliphatic carbocycles. The fourth-order valence-electron chi connectivity index (χ4n) is 4.73. The Labute approximate surface area is 193 Å². The van der Waals surface area contributed by atoms with Gasteiger partial charge in [-0.3, -0.25) is 4.79 Å². The Kier molecular flexibility index (Phi) is 6.02. The van der Waals surface area contributed by atoms with Crippen molar-refractivity contribution in [3.05, 3.63) is 82.2 Å². The minimum Gasteiger partial charge on any atom is -0.504 e. The van der Waals surface area contributed by atoms with Crippen molar-refractivity contribution in [1.82, 2.24) is 5.32 Å². The van der Waals surface area contributed by atoms with Gasteiger partial charge in [0.25, 0.3) is 0 Å². The number of carbonyl (C=O) groups excluding carboxylic acids is 2. The highest BCUT2D eigenvalue weighted by Gasteiger charge is 2.43. The Morgan fingerprint density at radius 3 is 2.55 bits per heavy atom. The first-order valence-electron chi connectivity index (χ1n) is 11.0. The summed E-state index contributed by atoms with van der Waals surface area (Å²) in [5.74, 6) is -0.853. The first kappa shape index (κ1) is 22.6. The summed E-state index contributed by atoms with van der Waals surface area (Å²) in [7, 11) is 1.48. The number of ether oxygens (including phenoxy) is 2. The topological polar surface area (TPSA) is 84.9 Å².